The Morgan fingerprint density at radius 3 is 2.52 bits per heavy atom. The summed E-state index contributed by atoms with van der Waals surface area (Å²) in [7, 11) is 0. The topological polar surface area (TPSA) is 83.0 Å². The number of hydrogen-bond acceptors (Lipinski definition) is 5. The van der Waals surface area contributed by atoms with Crippen molar-refractivity contribution in [2.45, 2.75) is 39.0 Å². The van der Waals surface area contributed by atoms with Crippen LogP contribution >= 0.6 is 0 Å². The number of unbranched alkanes of at least 4 members (excludes halogenated alkanes) is 1. The maximum atomic E-state index is 12.1. The summed E-state index contributed by atoms with van der Waals surface area (Å²) in [5.74, 6) is 0.851. The summed E-state index contributed by atoms with van der Waals surface area (Å²) in [5.41, 5.74) is 0. The summed E-state index contributed by atoms with van der Waals surface area (Å²) < 4.78 is 5.62. The first kappa shape index (κ1) is 19.0. The number of nitrogens with zero attached hydrogens (tertiary/aromatic N) is 3. The lowest BCUT2D eigenvalue weighted by Crippen LogP contribution is -2.49. The average Bonchev–Trinajstić information content (AvgIpc) is 2.62. The molecule has 1 aromatic heterocycles. The molecule has 0 radical (unpaired) electrons. The highest BCUT2D eigenvalue weighted by Gasteiger charge is 2.21. The average molecular weight is 349 g/mol. The predicted octanol–water partition coefficient (Wildman–Crippen LogP) is 2.16. The zero-order valence-corrected chi connectivity index (χ0v) is 14.8. The highest BCUT2D eigenvalue weighted by atomic mass is 16.5. The number of anilines is 1. The first-order valence-electron chi connectivity index (χ1n) is 8.93. The summed E-state index contributed by atoms with van der Waals surface area (Å²) in [6.07, 6.45) is 4.62. The van der Waals surface area contributed by atoms with Crippen molar-refractivity contribution in [2.24, 2.45) is 0 Å². The van der Waals surface area contributed by atoms with Crippen LogP contribution in [0, 0.1) is 0 Å². The largest absolute Gasteiger partial charge is 0.492 e. The van der Waals surface area contributed by atoms with Gasteiger partial charge in [-0.25, -0.2) is 4.98 Å². The number of carbonyl (C=O) groups is 2. The van der Waals surface area contributed by atoms with E-state index < -0.39 is 5.97 Å². The minimum atomic E-state index is -0.856. The molecule has 0 atom stereocenters. The van der Waals surface area contributed by atoms with Crippen LogP contribution in [0.2, 0.25) is 0 Å². The molecule has 1 aromatic rings. The number of hydrogen-bond donors (Lipinski definition) is 1. The molecule has 1 N–H and O–H groups in total. The van der Waals surface area contributed by atoms with Crippen LogP contribution in [0.15, 0.2) is 18.3 Å². The molecule has 1 saturated heterocycles. The minimum absolute atomic E-state index is 0.0357. The van der Waals surface area contributed by atoms with Crippen LogP contribution in [0.3, 0.4) is 0 Å². The molecule has 25 heavy (non-hydrogen) atoms. The van der Waals surface area contributed by atoms with E-state index in [1.165, 1.54) is 0 Å². The van der Waals surface area contributed by atoms with Crippen LogP contribution in [-0.4, -0.2) is 59.7 Å². The zero-order valence-electron chi connectivity index (χ0n) is 14.8. The molecule has 0 aliphatic carbocycles. The van der Waals surface area contributed by atoms with Gasteiger partial charge in [0, 0.05) is 39.0 Å². The van der Waals surface area contributed by atoms with Crippen molar-refractivity contribution in [3.05, 3.63) is 18.3 Å². The summed E-state index contributed by atoms with van der Waals surface area (Å²) in [5, 5.41) is 8.63. The highest BCUT2D eigenvalue weighted by Crippen LogP contribution is 2.18. The van der Waals surface area contributed by atoms with Crippen LogP contribution in [0.4, 0.5) is 5.82 Å². The van der Waals surface area contributed by atoms with Crippen LogP contribution in [-0.2, 0) is 9.59 Å². The van der Waals surface area contributed by atoms with Gasteiger partial charge in [-0.05, 0) is 25.0 Å². The Morgan fingerprint density at radius 1 is 1.16 bits per heavy atom. The summed E-state index contributed by atoms with van der Waals surface area (Å²) in [6.45, 7) is 5.58. The number of pyridine rings is 1. The number of amides is 1. The van der Waals surface area contributed by atoms with E-state index in [1.807, 2.05) is 12.1 Å². The fourth-order valence-corrected chi connectivity index (χ4v) is 2.71. The molecular formula is C18H27N3O4. The summed E-state index contributed by atoms with van der Waals surface area (Å²) in [4.78, 5) is 31.0. The number of rotatable bonds is 9. The zero-order chi connectivity index (χ0) is 18.1. The van der Waals surface area contributed by atoms with Gasteiger partial charge in [-0.2, -0.15) is 0 Å². The molecule has 0 spiro atoms. The first-order chi connectivity index (χ1) is 12.1. The van der Waals surface area contributed by atoms with Crippen molar-refractivity contribution in [3.8, 4) is 5.75 Å². The fraction of sp³-hybridized carbons (Fsp3) is 0.611. The Kier molecular flexibility index (Phi) is 7.50. The van der Waals surface area contributed by atoms with Gasteiger partial charge in [0.2, 0.25) is 5.91 Å². The van der Waals surface area contributed by atoms with E-state index in [0.717, 1.165) is 37.5 Å². The molecule has 1 aliphatic heterocycles. The normalized spacial score (nSPS) is 14.4. The van der Waals surface area contributed by atoms with Crippen molar-refractivity contribution in [1.82, 2.24) is 9.88 Å². The third-order valence-electron chi connectivity index (χ3n) is 4.23. The molecule has 2 heterocycles. The molecule has 138 valence electrons. The molecule has 7 heteroatoms. The Balaban J connectivity index is 1.75. The molecule has 0 saturated carbocycles. The third kappa shape index (κ3) is 6.25. The van der Waals surface area contributed by atoms with E-state index in [9.17, 15) is 9.59 Å². The Morgan fingerprint density at radius 2 is 1.92 bits per heavy atom. The molecule has 2 rings (SSSR count). The first-order valence-corrected chi connectivity index (χ1v) is 8.93. The number of ether oxygens (including phenoxy) is 1. The Bertz CT molecular complexity index is 554. The number of carbonyl (C=O) groups excluding carboxylic acids is 1. The monoisotopic (exact) mass is 349 g/mol. The predicted molar refractivity (Wildman–Crippen MR) is 94.9 cm³/mol. The molecule has 1 aliphatic rings. The van der Waals surface area contributed by atoms with E-state index in [0.29, 0.717) is 32.5 Å². The smallest absolute Gasteiger partial charge is 0.303 e. The standard InChI is InChI=1S/C18H27N3O4/c1-2-3-13-25-15-7-8-16(19-14-15)20-9-11-21(12-10-20)17(22)5-4-6-18(23)24/h7-8,14H,2-6,9-13H2,1H3,(H,23,24). The lowest BCUT2D eigenvalue weighted by Gasteiger charge is -2.35. The Labute approximate surface area is 148 Å². The molecular weight excluding hydrogens is 322 g/mol. The van der Waals surface area contributed by atoms with Gasteiger partial charge in [-0.15, -0.1) is 0 Å². The van der Waals surface area contributed by atoms with Crippen molar-refractivity contribution in [1.29, 1.82) is 0 Å². The van der Waals surface area contributed by atoms with Gasteiger partial charge in [0.05, 0.1) is 12.8 Å². The number of carboxylic acid groups (broad SMARTS) is 1. The van der Waals surface area contributed by atoms with Crippen molar-refractivity contribution in [2.75, 3.05) is 37.7 Å². The molecule has 1 amide bonds. The van der Waals surface area contributed by atoms with Crippen LogP contribution < -0.4 is 9.64 Å². The number of piperazine rings is 1. The quantitative estimate of drug-likeness (QED) is 0.688. The van der Waals surface area contributed by atoms with E-state index in [4.69, 9.17) is 9.84 Å². The second-order valence-corrected chi connectivity index (χ2v) is 6.17. The van der Waals surface area contributed by atoms with Gasteiger partial charge in [-0.3, -0.25) is 9.59 Å². The fourth-order valence-electron chi connectivity index (χ4n) is 2.71. The Hall–Kier alpha value is -2.31. The van der Waals surface area contributed by atoms with Crippen LogP contribution in [0.1, 0.15) is 39.0 Å². The molecule has 0 aromatic carbocycles. The molecule has 0 unspecified atom stereocenters. The lowest BCUT2D eigenvalue weighted by molar-refractivity contribution is -0.137. The lowest BCUT2D eigenvalue weighted by atomic mass is 10.2. The molecule has 7 nitrogen and oxygen atoms in total. The molecule has 0 bridgehead atoms. The van der Waals surface area contributed by atoms with E-state index in [-0.39, 0.29) is 12.3 Å². The van der Waals surface area contributed by atoms with Gasteiger partial charge in [0.15, 0.2) is 0 Å². The number of aromatic nitrogens is 1. The van der Waals surface area contributed by atoms with Gasteiger partial charge in [-0.1, -0.05) is 13.3 Å². The SMILES string of the molecule is CCCCOc1ccc(N2CCN(C(=O)CCCC(=O)O)CC2)nc1. The second-order valence-electron chi connectivity index (χ2n) is 6.17. The van der Waals surface area contributed by atoms with E-state index >= 15 is 0 Å². The van der Waals surface area contributed by atoms with Crippen LogP contribution in [0.5, 0.6) is 5.75 Å². The maximum Gasteiger partial charge on any atom is 0.303 e. The number of carboxylic acids is 1. The van der Waals surface area contributed by atoms with Crippen molar-refractivity contribution >= 4 is 17.7 Å². The van der Waals surface area contributed by atoms with Crippen LogP contribution in [0.25, 0.3) is 0 Å². The van der Waals surface area contributed by atoms with Gasteiger partial charge >= 0.3 is 5.97 Å². The highest BCUT2D eigenvalue weighted by molar-refractivity contribution is 5.77. The van der Waals surface area contributed by atoms with Gasteiger partial charge < -0.3 is 19.6 Å². The van der Waals surface area contributed by atoms with Crippen molar-refractivity contribution in [3.63, 3.8) is 0 Å². The van der Waals surface area contributed by atoms with Crippen molar-refractivity contribution < 1.29 is 19.4 Å². The second kappa shape index (κ2) is 9.86. The number of aliphatic carboxylic acids is 1. The van der Waals surface area contributed by atoms with E-state index in [2.05, 4.69) is 16.8 Å². The van der Waals surface area contributed by atoms with Gasteiger partial charge in [0.25, 0.3) is 0 Å². The maximum absolute atomic E-state index is 12.1. The van der Waals surface area contributed by atoms with E-state index in [1.54, 1.807) is 11.1 Å². The minimum Gasteiger partial charge on any atom is -0.492 e. The summed E-state index contributed by atoms with van der Waals surface area (Å²) >= 11 is 0. The van der Waals surface area contributed by atoms with Gasteiger partial charge in [0.1, 0.15) is 11.6 Å². The summed E-state index contributed by atoms with van der Waals surface area (Å²) in [6, 6.07) is 3.88. The molecule has 1 fully saturated rings. The third-order valence-corrected chi connectivity index (χ3v) is 4.23.